The van der Waals surface area contributed by atoms with Gasteiger partial charge in [0.1, 0.15) is 11.6 Å². The van der Waals surface area contributed by atoms with Crippen LogP contribution in [0.25, 0.3) is 0 Å². The molecule has 2 fully saturated rings. The molecule has 3 rings (SSSR count). The topological polar surface area (TPSA) is 40.6 Å². The van der Waals surface area contributed by atoms with E-state index in [1.165, 1.54) is 19.1 Å². The molecular weight excluding hydrogens is 319 g/mol. The molecule has 1 atom stereocenters. The molecule has 25 heavy (non-hydrogen) atoms. The fourth-order valence-corrected chi connectivity index (χ4v) is 4.22. The third-order valence-corrected chi connectivity index (χ3v) is 5.54. The van der Waals surface area contributed by atoms with E-state index in [0.717, 1.165) is 57.5 Å². The van der Waals surface area contributed by atoms with Gasteiger partial charge >= 0.3 is 0 Å². The minimum Gasteiger partial charge on any atom is -0.342 e. The van der Waals surface area contributed by atoms with Gasteiger partial charge in [-0.3, -0.25) is 9.69 Å². The molecule has 0 bridgehead atoms. The first kappa shape index (κ1) is 18.1. The lowest BCUT2D eigenvalue weighted by Crippen LogP contribution is -2.45. The van der Waals surface area contributed by atoms with Crippen LogP contribution in [0.3, 0.4) is 0 Å². The van der Waals surface area contributed by atoms with Crippen LogP contribution in [0.1, 0.15) is 44.6 Å². The van der Waals surface area contributed by atoms with Gasteiger partial charge in [-0.1, -0.05) is 12.1 Å². The van der Waals surface area contributed by atoms with Gasteiger partial charge in [0.05, 0.1) is 0 Å². The second-order valence-corrected chi connectivity index (χ2v) is 7.71. The van der Waals surface area contributed by atoms with Crippen molar-refractivity contribution in [3.8, 4) is 0 Å². The van der Waals surface area contributed by atoms with Gasteiger partial charge in [-0.25, -0.2) is 4.39 Å². The van der Waals surface area contributed by atoms with Crippen molar-refractivity contribution < 1.29 is 14.0 Å². The van der Waals surface area contributed by atoms with Gasteiger partial charge in [0.2, 0.25) is 5.91 Å². The molecule has 1 unspecified atom stereocenters. The number of likely N-dealkylation sites (tertiary alicyclic amines) is 2. The molecule has 136 valence electrons. The SMILES string of the molecule is CC(=O)CCC(=O)N1CCC2(CCCN(Cc3ccc(F)cc3)C2)C1. The summed E-state index contributed by atoms with van der Waals surface area (Å²) in [4.78, 5) is 27.8. The quantitative estimate of drug-likeness (QED) is 0.823. The Hall–Kier alpha value is -1.75. The van der Waals surface area contributed by atoms with Crippen molar-refractivity contribution in [3.63, 3.8) is 0 Å². The Morgan fingerprint density at radius 3 is 2.56 bits per heavy atom. The molecule has 0 aliphatic carbocycles. The second-order valence-electron chi connectivity index (χ2n) is 7.71. The minimum absolute atomic E-state index is 0.0744. The van der Waals surface area contributed by atoms with Gasteiger partial charge in [0.25, 0.3) is 0 Å². The minimum atomic E-state index is -0.200. The summed E-state index contributed by atoms with van der Waals surface area (Å²) in [5, 5.41) is 0. The average molecular weight is 346 g/mol. The molecule has 4 nitrogen and oxygen atoms in total. The smallest absolute Gasteiger partial charge is 0.223 e. The van der Waals surface area contributed by atoms with Crippen LogP contribution >= 0.6 is 0 Å². The fourth-order valence-electron chi connectivity index (χ4n) is 4.22. The van der Waals surface area contributed by atoms with E-state index in [4.69, 9.17) is 0 Å². The number of hydrogen-bond donors (Lipinski definition) is 0. The van der Waals surface area contributed by atoms with Gasteiger partial charge in [-0.15, -0.1) is 0 Å². The van der Waals surface area contributed by atoms with Crippen molar-refractivity contribution >= 4 is 11.7 Å². The Labute approximate surface area is 149 Å². The number of ketones is 1. The molecular formula is C20H27FN2O2. The lowest BCUT2D eigenvalue weighted by Gasteiger charge is -2.40. The zero-order valence-electron chi connectivity index (χ0n) is 15.0. The summed E-state index contributed by atoms with van der Waals surface area (Å²) >= 11 is 0. The van der Waals surface area contributed by atoms with Crippen LogP contribution < -0.4 is 0 Å². The summed E-state index contributed by atoms with van der Waals surface area (Å²) < 4.78 is 13.1. The lowest BCUT2D eigenvalue weighted by atomic mass is 9.79. The zero-order chi connectivity index (χ0) is 17.9. The first-order chi connectivity index (χ1) is 12.0. The number of piperidine rings is 1. The first-order valence-electron chi connectivity index (χ1n) is 9.20. The number of amides is 1. The highest BCUT2D eigenvalue weighted by atomic mass is 19.1. The van der Waals surface area contributed by atoms with E-state index in [1.807, 2.05) is 17.0 Å². The normalized spacial score (nSPS) is 24.0. The summed E-state index contributed by atoms with van der Waals surface area (Å²) in [5.41, 5.74) is 1.32. The maximum atomic E-state index is 13.1. The maximum Gasteiger partial charge on any atom is 0.223 e. The molecule has 0 aromatic heterocycles. The van der Waals surface area contributed by atoms with Gasteiger partial charge in [-0.05, 0) is 50.4 Å². The van der Waals surface area contributed by atoms with Crippen LogP contribution in [0.5, 0.6) is 0 Å². The Bertz CT molecular complexity index is 631. The van der Waals surface area contributed by atoms with E-state index >= 15 is 0 Å². The molecule has 0 N–H and O–H groups in total. The number of nitrogens with zero attached hydrogens (tertiary/aromatic N) is 2. The Morgan fingerprint density at radius 1 is 1.08 bits per heavy atom. The van der Waals surface area contributed by atoms with Crippen LogP contribution in [-0.2, 0) is 16.1 Å². The van der Waals surface area contributed by atoms with Crippen molar-refractivity contribution in [1.82, 2.24) is 9.80 Å². The van der Waals surface area contributed by atoms with Crippen molar-refractivity contribution in [2.24, 2.45) is 5.41 Å². The summed E-state index contributed by atoms with van der Waals surface area (Å²) in [6.45, 7) is 6.02. The monoisotopic (exact) mass is 346 g/mol. The molecule has 2 aliphatic heterocycles. The summed E-state index contributed by atoms with van der Waals surface area (Å²) in [6, 6.07) is 6.73. The molecule has 2 aliphatic rings. The first-order valence-corrected chi connectivity index (χ1v) is 9.20. The third kappa shape index (κ3) is 4.66. The molecule has 0 saturated carbocycles. The largest absolute Gasteiger partial charge is 0.342 e. The van der Waals surface area contributed by atoms with Crippen molar-refractivity contribution in [2.45, 2.75) is 45.6 Å². The Kier molecular flexibility index (Phi) is 5.52. The number of carbonyl (C=O) groups is 2. The van der Waals surface area contributed by atoms with E-state index in [9.17, 15) is 14.0 Å². The fraction of sp³-hybridized carbons (Fsp3) is 0.600. The van der Waals surface area contributed by atoms with Crippen LogP contribution in [0, 0.1) is 11.2 Å². The second kappa shape index (κ2) is 7.65. The molecule has 1 amide bonds. The van der Waals surface area contributed by atoms with E-state index in [1.54, 1.807) is 0 Å². The van der Waals surface area contributed by atoms with Crippen molar-refractivity contribution in [3.05, 3.63) is 35.6 Å². The predicted octanol–water partition coefficient (Wildman–Crippen LogP) is 3.01. The highest BCUT2D eigenvalue weighted by molar-refractivity contribution is 5.83. The highest BCUT2D eigenvalue weighted by Gasteiger charge is 2.42. The zero-order valence-corrected chi connectivity index (χ0v) is 15.0. The molecule has 5 heteroatoms. The van der Waals surface area contributed by atoms with Gasteiger partial charge in [0.15, 0.2) is 0 Å². The predicted molar refractivity (Wildman–Crippen MR) is 94.5 cm³/mol. The molecule has 2 heterocycles. The van der Waals surface area contributed by atoms with Crippen molar-refractivity contribution in [2.75, 3.05) is 26.2 Å². The van der Waals surface area contributed by atoms with Gasteiger partial charge in [0, 0.05) is 44.4 Å². The van der Waals surface area contributed by atoms with Crippen LogP contribution in [-0.4, -0.2) is 47.7 Å². The number of hydrogen-bond acceptors (Lipinski definition) is 3. The van der Waals surface area contributed by atoms with E-state index in [-0.39, 0.29) is 22.9 Å². The Morgan fingerprint density at radius 2 is 1.84 bits per heavy atom. The van der Waals surface area contributed by atoms with E-state index < -0.39 is 0 Å². The third-order valence-electron chi connectivity index (χ3n) is 5.54. The summed E-state index contributed by atoms with van der Waals surface area (Å²) in [5.74, 6) is -0.0116. The van der Waals surface area contributed by atoms with Crippen LogP contribution in [0.2, 0.25) is 0 Å². The molecule has 1 aromatic rings. The average Bonchev–Trinajstić information content (AvgIpc) is 2.98. The Balaban J connectivity index is 1.56. The van der Waals surface area contributed by atoms with Crippen LogP contribution in [0.4, 0.5) is 4.39 Å². The standard InChI is InChI=1S/C20H27FN2O2/c1-16(24)3-8-19(25)23-12-10-20(15-23)9-2-11-22(14-20)13-17-4-6-18(21)7-5-17/h4-7H,2-3,8-15H2,1H3. The maximum absolute atomic E-state index is 13.1. The lowest BCUT2D eigenvalue weighted by molar-refractivity contribution is -0.132. The number of rotatable bonds is 5. The van der Waals surface area contributed by atoms with Crippen molar-refractivity contribution in [1.29, 1.82) is 0 Å². The van der Waals surface area contributed by atoms with Crippen LogP contribution in [0.15, 0.2) is 24.3 Å². The number of Topliss-reactive ketones (excluding diaryl/α,β-unsaturated/α-hetero) is 1. The molecule has 0 radical (unpaired) electrons. The molecule has 1 spiro atoms. The number of carbonyl (C=O) groups excluding carboxylic acids is 2. The van der Waals surface area contributed by atoms with Gasteiger partial charge in [-0.2, -0.15) is 0 Å². The van der Waals surface area contributed by atoms with E-state index in [0.29, 0.717) is 12.8 Å². The van der Waals surface area contributed by atoms with E-state index in [2.05, 4.69) is 4.90 Å². The van der Waals surface area contributed by atoms with Gasteiger partial charge < -0.3 is 9.69 Å². The number of benzene rings is 1. The number of halogens is 1. The molecule has 1 aromatic carbocycles. The highest BCUT2D eigenvalue weighted by Crippen LogP contribution is 2.39. The summed E-state index contributed by atoms with van der Waals surface area (Å²) in [6.07, 6.45) is 4.02. The summed E-state index contributed by atoms with van der Waals surface area (Å²) in [7, 11) is 0. The molecule has 2 saturated heterocycles.